The van der Waals surface area contributed by atoms with Crippen LogP contribution in [0.4, 0.5) is 0 Å². The molecule has 0 saturated heterocycles. The van der Waals surface area contributed by atoms with Gasteiger partial charge >= 0.3 is 0 Å². The molecule has 0 atom stereocenters. The van der Waals surface area contributed by atoms with Crippen molar-refractivity contribution in [3.8, 4) is 0 Å². The largest absolute Gasteiger partial charge is 0.380 e. The number of pyridine rings is 1. The van der Waals surface area contributed by atoms with Gasteiger partial charge in [0.2, 0.25) is 0 Å². The molecule has 4 nitrogen and oxygen atoms in total. The molecular weight excluding hydrogens is 296 g/mol. The van der Waals surface area contributed by atoms with E-state index < -0.39 is 0 Å². The van der Waals surface area contributed by atoms with Crippen molar-refractivity contribution in [2.45, 2.75) is 20.3 Å². The molecule has 0 saturated carbocycles. The van der Waals surface area contributed by atoms with Crippen molar-refractivity contribution in [3.05, 3.63) is 28.5 Å². The van der Waals surface area contributed by atoms with Gasteiger partial charge in [0.15, 0.2) is 0 Å². The average molecular weight is 315 g/mol. The van der Waals surface area contributed by atoms with Crippen molar-refractivity contribution in [2.24, 2.45) is 5.92 Å². The van der Waals surface area contributed by atoms with E-state index in [2.05, 4.69) is 40.1 Å². The summed E-state index contributed by atoms with van der Waals surface area (Å²) in [5.41, 5.74) is 0.402. The fourth-order valence-corrected chi connectivity index (χ4v) is 1.73. The zero-order chi connectivity index (χ0) is 13.4. The van der Waals surface area contributed by atoms with Crippen molar-refractivity contribution >= 4 is 21.8 Å². The molecule has 0 aromatic carbocycles. The smallest absolute Gasteiger partial charge is 0.271 e. The summed E-state index contributed by atoms with van der Waals surface area (Å²) in [6, 6.07) is 3.57. The van der Waals surface area contributed by atoms with Crippen molar-refractivity contribution in [1.29, 1.82) is 0 Å². The van der Waals surface area contributed by atoms with Crippen molar-refractivity contribution in [1.82, 2.24) is 10.3 Å². The molecule has 0 aliphatic rings. The summed E-state index contributed by atoms with van der Waals surface area (Å²) in [5, 5.41) is 2.77. The number of ether oxygens (including phenoxy) is 1. The van der Waals surface area contributed by atoms with E-state index in [4.69, 9.17) is 4.74 Å². The standard InChI is InChI=1S/C13H19BrN2O2/c1-10(2)5-8-18-9-7-16-13(17)12-11(14)4-3-6-15-12/h3-4,6,10H,5,7-9H2,1-2H3,(H,16,17). The lowest BCUT2D eigenvalue weighted by Gasteiger charge is -2.08. The second-order valence-electron chi connectivity index (χ2n) is 4.38. The van der Waals surface area contributed by atoms with Crippen LogP contribution >= 0.6 is 15.9 Å². The summed E-state index contributed by atoms with van der Waals surface area (Å²) in [5.74, 6) is 0.457. The van der Waals surface area contributed by atoms with Gasteiger partial charge in [0.05, 0.1) is 6.61 Å². The van der Waals surface area contributed by atoms with Crippen molar-refractivity contribution in [2.75, 3.05) is 19.8 Å². The number of carbonyl (C=O) groups excluding carboxylic acids is 1. The summed E-state index contributed by atoms with van der Waals surface area (Å²) in [7, 11) is 0. The Morgan fingerprint density at radius 2 is 2.28 bits per heavy atom. The molecule has 5 heteroatoms. The Bertz CT molecular complexity index is 383. The molecule has 0 bridgehead atoms. The topological polar surface area (TPSA) is 51.2 Å². The second kappa shape index (κ2) is 8.21. The maximum absolute atomic E-state index is 11.7. The number of aromatic nitrogens is 1. The van der Waals surface area contributed by atoms with Crippen LogP contribution in [0.3, 0.4) is 0 Å². The van der Waals surface area contributed by atoms with Crippen LogP contribution < -0.4 is 5.32 Å². The number of nitrogens with zero attached hydrogens (tertiary/aromatic N) is 1. The molecule has 0 radical (unpaired) electrons. The highest BCUT2D eigenvalue weighted by Gasteiger charge is 2.09. The minimum atomic E-state index is -0.185. The Hall–Kier alpha value is -0.940. The van der Waals surface area contributed by atoms with E-state index in [1.165, 1.54) is 0 Å². The van der Waals surface area contributed by atoms with Gasteiger partial charge in [0.25, 0.3) is 5.91 Å². The molecule has 1 rings (SSSR count). The van der Waals surface area contributed by atoms with Crippen LogP contribution in [0.1, 0.15) is 30.8 Å². The number of halogens is 1. The third-order valence-corrected chi connectivity index (χ3v) is 2.98. The molecular formula is C13H19BrN2O2. The molecule has 1 amide bonds. The van der Waals surface area contributed by atoms with E-state index >= 15 is 0 Å². The minimum Gasteiger partial charge on any atom is -0.380 e. The average Bonchev–Trinajstić information content (AvgIpc) is 2.33. The normalized spacial score (nSPS) is 10.7. The number of rotatable bonds is 7. The molecule has 100 valence electrons. The van der Waals surface area contributed by atoms with Crippen LogP contribution in [0.5, 0.6) is 0 Å². The second-order valence-corrected chi connectivity index (χ2v) is 5.24. The number of hydrogen-bond donors (Lipinski definition) is 1. The first kappa shape index (κ1) is 15.1. The Morgan fingerprint density at radius 3 is 2.94 bits per heavy atom. The number of nitrogens with one attached hydrogen (secondary N) is 1. The molecule has 0 fully saturated rings. The first-order valence-corrected chi connectivity index (χ1v) is 6.87. The third kappa shape index (κ3) is 5.60. The highest BCUT2D eigenvalue weighted by molar-refractivity contribution is 9.10. The van der Waals surface area contributed by atoms with E-state index in [-0.39, 0.29) is 5.91 Å². The maximum Gasteiger partial charge on any atom is 0.271 e. The van der Waals surface area contributed by atoms with Gasteiger partial charge in [-0.15, -0.1) is 0 Å². The van der Waals surface area contributed by atoms with E-state index in [1.807, 2.05) is 0 Å². The molecule has 0 aliphatic heterocycles. The van der Waals surface area contributed by atoms with Gasteiger partial charge in [-0.25, -0.2) is 4.98 Å². The Labute approximate surface area is 116 Å². The fraction of sp³-hybridized carbons (Fsp3) is 0.538. The number of hydrogen-bond acceptors (Lipinski definition) is 3. The van der Waals surface area contributed by atoms with Crippen LogP contribution in [-0.4, -0.2) is 30.6 Å². The number of amides is 1. The van der Waals surface area contributed by atoms with Gasteiger partial charge < -0.3 is 10.1 Å². The lowest BCUT2D eigenvalue weighted by molar-refractivity contribution is 0.0900. The maximum atomic E-state index is 11.7. The lowest BCUT2D eigenvalue weighted by atomic mass is 10.1. The zero-order valence-corrected chi connectivity index (χ0v) is 12.4. The predicted octanol–water partition coefficient (Wildman–Crippen LogP) is 2.64. The van der Waals surface area contributed by atoms with Crippen LogP contribution in [0.25, 0.3) is 0 Å². The van der Waals surface area contributed by atoms with Gasteiger partial charge in [-0.3, -0.25) is 4.79 Å². The Kier molecular flexibility index (Phi) is 6.90. The van der Waals surface area contributed by atoms with Gasteiger partial charge in [-0.05, 0) is 40.4 Å². The fourth-order valence-electron chi connectivity index (χ4n) is 1.29. The van der Waals surface area contributed by atoms with Crippen LogP contribution in [0.2, 0.25) is 0 Å². The van der Waals surface area contributed by atoms with Crippen LogP contribution in [0, 0.1) is 5.92 Å². The molecule has 1 N–H and O–H groups in total. The minimum absolute atomic E-state index is 0.185. The van der Waals surface area contributed by atoms with Crippen LogP contribution in [0.15, 0.2) is 22.8 Å². The van der Waals surface area contributed by atoms with E-state index in [0.29, 0.717) is 29.2 Å². The first-order valence-electron chi connectivity index (χ1n) is 6.07. The van der Waals surface area contributed by atoms with E-state index in [0.717, 1.165) is 13.0 Å². The summed E-state index contributed by atoms with van der Waals surface area (Å²) in [6.07, 6.45) is 2.64. The van der Waals surface area contributed by atoms with E-state index in [1.54, 1.807) is 18.3 Å². The highest BCUT2D eigenvalue weighted by atomic mass is 79.9. The monoisotopic (exact) mass is 314 g/mol. The van der Waals surface area contributed by atoms with E-state index in [9.17, 15) is 4.79 Å². The Morgan fingerprint density at radius 1 is 1.50 bits per heavy atom. The quantitative estimate of drug-likeness (QED) is 0.787. The lowest BCUT2D eigenvalue weighted by Crippen LogP contribution is -2.28. The number of carbonyl (C=O) groups is 1. The molecule has 0 aliphatic carbocycles. The Balaban J connectivity index is 2.20. The van der Waals surface area contributed by atoms with Gasteiger partial charge in [0.1, 0.15) is 5.69 Å². The summed E-state index contributed by atoms with van der Waals surface area (Å²) in [4.78, 5) is 15.8. The highest BCUT2D eigenvalue weighted by Crippen LogP contribution is 2.12. The molecule has 0 unspecified atom stereocenters. The first-order chi connectivity index (χ1) is 8.61. The molecule has 1 aromatic heterocycles. The molecule has 0 spiro atoms. The molecule has 18 heavy (non-hydrogen) atoms. The van der Waals surface area contributed by atoms with Gasteiger partial charge in [-0.2, -0.15) is 0 Å². The summed E-state index contributed by atoms with van der Waals surface area (Å²) >= 11 is 3.29. The van der Waals surface area contributed by atoms with Gasteiger partial charge in [0, 0.05) is 23.8 Å². The molecule has 1 aromatic rings. The third-order valence-electron chi connectivity index (χ3n) is 2.35. The van der Waals surface area contributed by atoms with Gasteiger partial charge in [-0.1, -0.05) is 13.8 Å². The predicted molar refractivity (Wildman–Crippen MR) is 74.5 cm³/mol. The molecule has 1 heterocycles. The van der Waals surface area contributed by atoms with Crippen LogP contribution in [-0.2, 0) is 4.74 Å². The summed E-state index contributed by atoms with van der Waals surface area (Å²) < 4.78 is 6.11. The van der Waals surface area contributed by atoms with Crippen molar-refractivity contribution < 1.29 is 9.53 Å². The zero-order valence-electron chi connectivity index (χ0n) is 10.8. The SMILES string of the molecule is CC(C)CCOCCNC(=O)c1ncccc1Br. The summed E-state index contributed by atoms with van der Waals surface area (Å²) in [6.45, 7) is 6.08. The van der Waals surface area contributed by atoms with Crippen molar-refractivity contribution in [3.63, 3.8) is 0 Å².